The smallest absolute Gasteiger partial charge is 0.0547 e. The highest BCUT2D eigenvalue weighted by molar-refractivity contribution is 7.80. The van der Waals surface area contributed by atoms with E-state index >= 15 is 0 Å². The molecule has 2 unspecified atom stereocenters. The minimum absolute atomic E-state index is 0.295. The summed E-state index contributed by atoms with van der Waals surface area (Å²) >= 11 is 4.43. The van der Waals surface area contributed by atoms with Crippen LogP contribution < -0.4 is 0 Å². The maximum Gasteiger partial charge on any atom is 0.0547 e. The van der Waals surface area contributed by atoms with Crippen molar-refractivity contribution in [3.63, 3.8) is 0 Å². The van der Waals surface area contributed by atoms with Gasteiger partial charge in [0.2, 0.25) is 0 Å². The second-order valence-electron chi connectivity index (χ2n) is 6.24. The minimum atomic E-state index is 0.295. The average Bonchev–Trinajstić information content (AvgIpc) is 2.23. The molecule has 0 fully saturated rings. The molecule has 0 N–H and O–H groups in total. The molecule has 2 atom stereocenters. The van der Waals surface area contributed by atoms with Gasteiger partial charge in [-0.25, -0.2) is 0 Å². The predicted molar refractivity (Wildman–Crippen MR) is 81.0 cm³/mol. The third kappa shape index (κ3) is 8.96. The lowest BCUT2D eigenvalue weighted by Gasteiger charge is -2.30. The second kappa shape index (κ2) is 9.27. The fraction of sp³-hybridized carbons (Fsp3) is 1.00. The van der Waals surface area contributed by atoms with E-state index in [-0.39, 0.29) is 0 Å². The van der Waals surface area contributed by atoms with E-state index in [4.69, 9.17) is 4.74 Å². The summed E-state index contributed by atoms with van der Waals surface area (Å²) in [5.74, 6) is 1.45. The van der Waals surface area contributed by atoms with E-state index in [1.165, 1.54) is 32.1 Å². The molecule has 0 aliphatic carbocycles. The molecule has 104 valence electrons. The molecule has 0 radical (unpaired) electrons. The lowest BCUT2D eigenvalue weighted by atomic mass is 9.82. The zero-order valence-electron chi connectivity index (χ0n) is 12.5. The van der Waals surface area contributed by atoms with Gasteiger partial charge in [0.05, 0.1) is 12.7 Å². The highest BCUT2D eigenvalue weighted by Crippen LogP contribution is 2.27. The molecule has 17 heavy (non-hydrogen) atoms. The van der Waals surface area contributed by atoms with Crippen molar-refractivity contribution in [3.8, 4) is 0 Å². The van der Waals surface area contributed by atoms with Crippen LogP contribution in [0.15, 0.2) is 0 Å². The standard InChI is InChI=1S/C15H32OS/c1-6-7-8-9-10-13(2)16-11-14(12-17)15(3,4)5/h13-14,17H,6-12H2,1-5H3. The molecule has 0 aromatic heterocycles. The first kappa shape index (κ1) is 17.3. The molecule has 0 amide bonds. The molecule has 0 aliphatic rings. The number of hydrogen-bond donors (Lipinski definition) is 1. The average molecular weight is 260 g/mol. The molecule has 0 aromatic carbocycles. The fourth-order valence-corrected chi connectivity index (χ4v) is 2.45. The molecule has 0 spiro atoms. The van der Waals surface area contributed by atoms with Crippen molar-refractivity contribution < 1.29 is 4.74 Å². The summed E-state index contributed by atoms with van der Waals surface area (Å²) in [5, 5.41) is 0. The quantitative estimate of drug-likeness (QED) is 0.455. The van der Waals surface area contributed by atoms with Crippen molar-refractivity contribution in [2.45, 2.75) is 72.8 Å². The molecular weight excluding hydrogens is 228 g/mol. The molecule has 2 heteroatoms. The Kier molecular flexibility index (Phi) is 9.44. The van der Waals surface area contributed by atoms with Crippen LogP contribution in [0, 0.1) is 11.3 Å². The zero-order valence-corrected chi connectivity index (χ0v) is 13.4. The lowest BCUT2D eigenvalue weighted by molar-refractivity contribution is 0.0134. The molecule has 0 bridgehead atoms. The molecule has 0 saturated heterocycles. The van der Waals surface area contributed by atoms with E-state index in [2.05, 4.69) is 47.2 Å². The Labute approximate surface area is 114 Å². The van der Waals surface area contributed by atoms with Crippen LogP contribution in [0.4, 0.5) is 0 Å². The van der Waals surface area contributed by atoms with Gasteiger partial charge >= 0.3 is 0 Å². The topological polar surface area (TPSA) is 9.23 Å². The van der Waals surface area contributed by atoms with Crippen molar-refractivity contribution >= 4 is 12.6 Å². The Morgan fingerprint density at radius 2 is 1.76 bits per heavy atom. The van der Waals surface area contributed by atoms with Crippen molar-refractivity contribution in [1.29, 1.82) is 0 Å². The zero-order chi connectivity index (χ0) is 13.3. The van der Waals surface area contributed by atoms with Crippen LogP contribution in [0.25, 0.3) is 0 Å². The van der Waals surface area contributed by atoms with Crippen molar-refractivity contribution in [1.82, 2.24) is 0 Å². The normalized spacial score (nSPS) is 15.9. The SMILES string of the molecule is CCCCCCC(C)OCC(CS)C(C)(C)C. The van der Waals surface area contributed by atoms with Crippen LogP contribution >= 0.6 is 12.6 Å². The van der Waals surface area contributed by atoms with Gasteiger partial charge in [-0.3, -0.25) is 0 Å². The number of rotatable bonds is 9. The molecular formula is C15H32OS. The van der Waals surface area contributed by atoms with Gasteiger partial charge < -0.3 is 4.74 Å². The van der Waals surface area contributed by atoms with Gasteiger partial charge in [0, 0.05) is 0 Å². The molecule has 0 heterocycles. The van der Waals surface area contributed by atoms with Gasteiger partial charge in [0.25, 0.3) is 0 Å². The van der Waals surface area contributed by atoms with Gasteiger partial charge in [0.15, 0.2) is 0 Å². The summed E-state index contributed by atoms with van der Waals surface area (Å²) in [4.78, 5) is 0. The maximum atomic E-state index is 5.95. The maximum absolute atomic E-state index is 5.95. The second-order valence-corrected chi connectivity index (χ2v) is 6.60. The van der Waals surface area contributed by atoms with E-state index in [9.17, 15) is 0 Å². The van der Waals surface area contributed by atoms with Crippen LogP contribution in [0.5, 0.6) is 0 Å². The summed E-state index contributed by atoms with van der Waals surface area (Å²) in [7, 11) is 0. The molecule has 0 aliphatic heterocycles. The number of ether oxygens (including phenoxy) is 1. The van der Waals surface area contributed by atoms with E-state index in [0.717, 1.165) is 12.4 Å². The monoisotopic (exact) mass is 260 g/mol. The van der Waals surface area contributed by atoms with Gasteiger partial charge in [-0.05, 0) is 30.4 Å². The summed E-state index contributed by atoms with van der Waals surface area (Å²) in [6.07, 6.45) is 6.91. The first-order valence-electron chi connectivity index (χ1n) is 7.14. The highest BCUT2D eigenvalue weighted by atomic mass is 32.1. The van der Waals surface area contributed by atoms with Gasteiger partial charge in [-0.15, -0.1) is 0 Å². The Bertz CT molecular complexity index is 174. The van der Waals surface area contributed by atoms with Gasteiger partial charge in [-0.2, -0.15) is 12.6 Å². The van der Waals surface area contributed by atoms with Crippen LogP contribution in [0.3, 0.4) is 0 Å². The van der Waals surface area contributed by atoms with E-state index < -0.39 is 0 Å². The summed E-state index contributed by atoms with van der Waals surface area (Å²) < 4.78 is 5.95. The molecule has 0 saturated carbocycles. The summed E-state index contributed by atoms with van der Waals surface area (Å²) in [5.41, 5.74) is 0.295. The Morgan fingerprint density at radius 3 is 2.24 bits per heavy atom. The van der Waals surface area contributed by atoms with Gasteiger partial charge in [0.1, 0.15) is 0 Å². The largest absolute Gasteiger partial charge is 0.378 e. The predicted octanol–water partition coefficient (Wildman–Crippen LogP) is 4.95. The van der Waals surface area contributed by atoms with E-state index in [0.29, 0.717) is 17.4 Å². The van der Waals surface area contributed by atoms with Crippen molar-refractivity contribution in [3.05, 3.63) is 0 Å². The molecule has 0 rings (SSSR count). The van der Waals surface area contributed by atoms with Crippen LogP contribution in [0.2, 0.25) is 0 Å². The van der Waals surface area contributed by atoms with Gasteiger partial charge in [-0.1, -0.05) is 53.4 Å². The van der Waals surface area contributed by atoms with Crippen LogP contribution in [0.1, 0.15) is 66.7 Å². The molecule has 1 nitrogen and oxygen atoms in total. The lowest BCUT2D eigenvalue weighted by Crippen LogP contribution is -2.28. The first-order chi connectivity index (χ1) is 7.91. The molecule has 0 aromatic rings. The number of unbranched alkanes of at least 4 members (excludes halogenated alkanes) is 3. The summed E-state index contributed by atoms with van der Waals surface area (Å²) in [6, 6.07) is 0. The fourth-order valence-electron chi connectivity index (χ4n) is 1.80. The van der Waals surface area contributed by atoms with E-state index in [1.54, 1.807) is 0 Å². The Morgan fingerprint density at radius 1 is 1.12 bits per heavy atom. The highest BCUT2D eigenvalue weighted by Gasteiger charge is 2.23. The number of thiol groups is 1. The van der Waals surface area contributed by atoms with Crippen LogP contribution in [-0.4, -0.2) is 18.5 Å². The number of hydrogen-bond acceptors (Lipinski definition) is 2. The Hall–Kier alpha value is 0.310. The minimum Gasteiger partial charge on any atom is -0.378 e. The Balaban J connectivity index is 3.70. The van der Waals surface area contributed by atoms with E-state index in [1.807, 2.05) is 0 Å². The third-order valence-electron chi connectivity index (χ3n) is 3.49. The third-order valence-corrected chi connectivity index (χ3v) is 3.93. The summed E-state index contributed by atoms with van der Waals surface area (Å²) in [6.45, 7) is 12.1. The van der Waals surface area contributed by atoms with Crippen LogP contribution in [-0.2, 0) is 4.74 Å². The first-order valence-corrected chi connectivity index (χ1v) is 7.77. The van der Waals surface area contributed by atoms with Crippen molar-refractivity contribution in [2.24, 2.45) is 11.3 Å². The van der Waals surface area contributed by atoms with Crippen molar-refractivity contribution in [2.75, 3.05) is 12.4 Å².